The van der Waals surface area contributed by atoms with Crippen molar-refractivity contribution in [1.29, 1.82) is 0 Å². The molecule has 138 valence electrons. The zero-order chi connectivity index (χ0) is 19.6. The standard InChI is InChI=1S/C17H14FN5O3S/c1-10-2-3-11(8-14(10)23(25)26)16(24)19-9-15-20-21-17(27)22(15)13-6-4-12(18)5-7-13/h2-8H,9H2,1H3,(H,19,24)(H,21,27). The molecular weight excluding hydrogens is 373 g/mol. The second-order valence-electron chi connectivity index (χ2n) is 5.70. The van der Waals surface area contributed by atoms with E-state index < -0.39 is 10.8 Å². The largest absolute Gasteiger partial charge is 0.345 e. The maximum Gasteiger partial charge on any atom is 0.273 e. The van der Waals surface area contributed by atoms with E-state index in [2.05, 4.69) is 15.5 Å². The molecule has 3 aromatic rings. The lowest BCUT2D eigenvalue weighted by molar-refractivity contribution is -0.385. The number of hydrogen-bond donors (Lipinski definition) is 2. The fourth-order valence-electron chi connectivity index (χ4n) is 2.51. The number of amides is 1. The van der Waals surface area contributed by atoms with Crippen LogP contribution in [0, 0.1) is 27.6 Å². The number of nitrogens with one attached hydrogen (secondary N) is 2. The molecule has 0 spiro atoms. The molecule has 0 fully saturated rings. The predicted molar refractivity (Wildman–Crippen MR) is 97.7 cm³/mol. The van der Waals surface area contributed by atoms with E-state index in [-0.39, 0.29) is 28.4 Å². The number of H-pyrrole nitrogens is 1. The summed E-state index contributed by atoms with van der Waals surface area (Å²) in [6.45, 7) is 1.62. The van der Waals surface area contributed by atoms with Crippen LogP contribution in [0.25, 0.3) is 5.69 Å². The first kappa shape index (κ1) is 18.4. The Kier molecular flexibility index (Phi) is 5.08. The van der Waals surface area contributed by atoms with E-state index in [4.69, 9.17) is 12.2 Å². The lowest BCUT2D eigenvalue weighted by atomic mass is 10.1. The summed E-state index contributed by atoms with van der Waals surface area (Å²) in [6, 6.07) is 9.90. The van der Waals surface area contributed by atoms with Crippen molar-refractivity contribution in [3.8, 4) is 5.69 Å². The number of benzene rings is 2. The molecule has 0 radical (unpaired) electrons. The summed E-state index contributed by atoms with van der Waals surface area (Å²) in [6.07, 6.45) is 0. The highest BCUT2D eigenvalue weighted by atomic mass is 32.1. The van der Waals surface area contributed by atoms with Gasteiger partial charge >= 0.3 is 0 Å². The minimum Gasteiger partial charge on any atom is -0.345 e. The van der Waals surface area contributed by atoms with E-state index >= 15 is 0 Å². The maximum absolute atomic E-state index is 13.1. The van der Waals surface area contributed by atoms with Gasteiger partial charge in [-0.3, -0.25) is 24.6 Å². The summed E-state index contributed by atoms with van der Waals surface area (Å²) >= 11 is 5.18. The van der Waals surface area contributed by atoms with Crippen LogP contribution in [0.1, 0.15) is 21.7 Å². The molecule has 0 atom stereocenters. The third-order valence-electron chi connectivity index (χ3n) is 3.90. The Morgan fingerprint density at radius 1 is 1.33 bits per heavy atom. The van der Waals surface area contributed by atoms with Crippen molar-refractivity contribution in [3.63, 3.8) is 0 Å². The lowest BCUT2D eigenvalue weighted by Gasteiger charge is -2.08. The van der Waals surface area contributed by atoms with Crippen molar-refractivity contribution in [3.05, 3.63) is 80.1 Å². The van der Waals surface area contributed by atoms with E-state index in [0.717, 1.165) is 0 Å². The van der Waals surface area contributed by atoms with Crippen LogP contribution in [0.5, 0.6) is 0 Å². The highest BCUT2D eigenvalue weighted by Crippen LogP contribution is 2.19. The number of carbonyl (C=O) groups excluding carboxylic acids is 1. The predicted octanol–water partition coefficient (Wildman–Crippen LogP) is 3.22. The van der Waals surface area contributed by atoms with Gasteiger partial charge in [-0.25, -0.2) is 4.39 Å². The van der Waals surface area contributed by atoms with E-state index in [9.17, 15) is 19.3 Å². The molecule has 27 heavy (non-hydrogen) atoms. The van der Waals surface area contributed by atoms with Gasteiger partial charge < -0.3 is 5.32 Å². The summed E-state index contributed by atoms with van der Waals surface area (Å²) in [5, 5.41) is 20.4. The molecule has 0 saturated carbocycles. The van der Waals surface area contributed by atoms with Crippen LogP contribution in [0.2, 0.25) is 0 Å². The van der Waals surface area contributed by atoms with Gasteiger partial charge in [0.25, 0.3) is 11.6 Å². The highest BCUT2D eigenvalue weighted by molar-refractivity contribution is 7.71. The molecule has 0 aliphatic carbocycles. The molecule has 0 saturated heterocycles. The van der Waals surface area contributed by atoms with Crippen LogP contribution in [0.15, 0.2) is 42.5 Å². The number of carbonyl (C=O) groups is 1. The maximum atomic E-state index is 13.1. The number of nitrogens with zero attached hydrogens (tertiary/aromatic N) is 3. The summed E-state index contributed by atoms with van der Waals surface area (Å²) in [5.41, 5.74) is 1.09. The molecule has 8 nitrogen and oxygen atoms in total. The van der Waals surface area contributed by atoms with Crippen LogP contribution in [-0.2, 0) is 6.54 Å². The fourth-order valence-corrected chi connectivity index (χ4v) is 2.77. The van der Waals surface area contributed by atoms with Crippen molar-refractivity contribution in [2.24, 2.45) is 0 Å². The molecule has 10 heteroatoms. The Labute approximate surface area is 157 Å². The molecule has 1 heterocycles. The quantitative estimate of drug-likeness (QED) is 0.397. The fraction of sp³-hybridized carbons (Fsp3) is 0.118. The van der Waals surface area contributed by atoms with Gasteiger partial charge in [0.15, 0.2) is 10.6 Å². The first-order chi connectivity index (χ1) is 12.9. The number of aromatic nitrogens is 3. The van der Waals surface area contributed by atoms with E-state index in [1.165, 1.54) is 42.5 Å². The second-order valence-corrected chi connectivity index (χ2v) is 6.08. The number of rotatable bonds is 5. The SMILES string of the molecule is Cc1ccc(C(=O)NCc2n[nH]c(=S)n2-c2ccc(F)cc2)cc1[N+](=O)[O-]. The minimum atomic E-state index is -0.536. The Bertz CT molecular complexity index is 1070. The van der Waals surface area contributed by atoms with Crippen LogP contribution in [0.3, 0.4) is 0 Å². The van der Waals surface area contributed by atoms with Crippen LogP contribution < -0.4 is 5.32 Å². The molecule has 2 N–H and O–H groups in total. The van der Waals surface area contributed by atoms with E-state index in [1.807, 2.05) is 0 Å². The van der Waals surface area contributed by atoms with Crippen LogP contribution >= 0.6 is 12.2 Å². The zero-order valence-corrected chi connectivity index (χ0v) is 14.9. The molecule has 1 amide bonds. The Morgan fingerprint density at radius 2 is 2.04 bits per heavy atom. The second kappa shape index (κ2) is 7.46. The monoisotopic (exact) mass is 387 g/mol. The van der Waals surface area contributed by atoms with Gasteiger partial charge in [-0.2, -0.15) is 5.10 Å². The van der Waals surface area contributed by atoms with Crippen molar-refractivity contribution < 1.29 is 14.1 Å². The van der Waals surface area contributed by atoms with Gasteiger partial charge in [-0.1, -0.05) is 6.07 Å². The number of aryl methyl sites for hydroxylation is 1. The van der Waals surface area contributed by atoms with Crippen LogP contribution in [0.4, 0.5) is 10.1 Å². The Balaban J connectivity index is 1.81. The Morgan fingerprint density at radius 3 is 2.70 bits per heavy atom. The van der Waals surface area contributed by atoms with E-state index in [1.54, 1.807) is 11.5 Å². The zero-order valence-electron chi connectivity index (χ0n) is 14.1. The topological polar surface area (TPSA) is 106 Å². The molecule has 0 bridgehead atoms. The molecule has 0 aliphatic heterocycles. The van der Waals surface area contributed by atoms with Crippen molar-refractivity contribution in [1.82, 2.24) is 20.1 Å². The number of aromatic amines is 1. The first-order valence-corrected chi connectivity index (χ1v) is 8.23. The van der Waals surface area contributed by atoms with Gasteiger partial charge in [0.2, 0.25) is 0 Å². The average Bonchev–Trinajstić information content (AvgIpc) is 3.01. The first-order valence-electron chi connectivity index (χ1n) is 7.82. The molecule has 3 rings (SSSR count). The number of nitro groups is 1. The van der Waals surface area contributed by atoms with E-state index in [0.29, 0.717) is 17.1 Å². The number of nitro benzene ring substituents is 1. The summed E-state index contributed by atoms with van der Waals surface area (Å²) < 4.78 is 15.0. The van der Waals surface area contributed by atoms with Crippen molar-refractivity contribution >= 4 is 23.8 Å². The lowest BCUT2D eigenvalue weighted by Crippen LogP contribution is -2.24. The van der Waals surface area contributed by atoms with Gasteiger partial charge in [0, 0.05) is 22.9 Å². The van der Waals surface area contributed by atoms with Crippen molar-refractivity contribution in [2.75, 3.05) is 0 Å². The summed E-state index contributed by atoms with van der Waals surface area (Å²) in [7, 11) is 0. The smallest absolute Gasteiger partial charge is 0.273 e. The number of hydrogen-bond acceptors (Lipinski definition) is 5. The van der Waals surface area contributed by atoms with Crippen molar-refractivity contribution in [2.45, 2.75) is 13.5 Å². The summed E-state index contributed by atoms with van der Waals surface area (Å²) in [5.74, 6) is -0.469. The molecule has 0 unspecified atom stereocenters. The van der Waals surface area contributed by atoms with Gasteiger partial charge in [0.05, 0.1) is 11.5 Å². The van der Waals surface area contributed by atoms with Crippen LogP contribution in [-0.4, -0.2) is 25.6 Å². The molecule has 2 aromatic carbocycles. The minimum absolute atomic E-state index is 0.0189. The molecule has 0 aliphatic rings. The highest BCUT2D eigenvalue weighted by Gasteiger charge is 2.16. The summed E-state index contributed by atoms with van der Waals surface area (Å²) in [4.78, 5) is 22.8. The third kappa shape index (κ3) is 3.90. The van der Waals surface area contributed by atoms with Gasteiger partial charge in [0.1, 0.15) is 5.82 Å². The average molecular weight is 387 g/mol. The third-order valence-corrected chi connectivity index (χ3v) is 4.18. The Hall–Kier alpha value is -3.40. The normalized spacial score (nSPS) is 10.6. The molecule has 1 aromatic heterocycles. The van der Waals surface area contributed by atoms with Gasteiger partial charge in [-0.05, 0) is 49.5 Å². The number of halogens is 1. The van der Waals surface area contributed by atoms with Gasteiger partial charge in [-0.15, -0.1) is 0 Å². The molecular formula is C17H14FN5O3S.